The van der Waals surface area contributed by atoms with Crippen LogP contribution >= 0.6 is 0 Å². The largest absolute Gasteiger partial charge is 0.497 e. The van der Waals surface area contributed by atoms with Gasteiger partial charge in [-0.25, -0.2) is 0 Å². The average Bonchev–Trinajstić information content (AvgIpc) is 3.22. The van der Waals surface area contributed by atoms with Gasteiger partial charge in [0.1, 0.15) is 11.5 Å². The molecule has 0 aromatic heterocycles. The first kappa shape index (κ1) is 14.7. The summed E-state index contributed by atoms with van der Waals surface area (Å²) in [6.45, 7) is 1.48. The third kappa shape index (κ3) is 4.13. The van der Waals surface area contributed by atoms with Gasteiger partial charge in [-0.2, -0.15) is 0 Å². The van der Waals surface area contributed by atoms with Gasteiger partial charge in [-0.1, -0.05) is 6.07 Å². The number of rotatable bonds is 8. The van der Waals surface area contributed by atoms with Gasteiger partial charge in [-0.3, -0.25) is 9.69 Å². The lowest BCUT2D eigenvalue weighted by molar-refractivity contribution is -0.138. The van der Waals surface area contributed by atoms with Gasteiger partial charge in [0.25, 0.3) is 0 Å². The van der Waals surface area contributed by atoms with E-state index in [0.717, 1.165) is 23.6 Å². The highest BCUT2D eigenvalue weighted by Crippen LogP contribution is 2.31. The molecule has 0 unspecified atom stereocenters. The molecule has 0 spiro atoms. The van der Waals surface area contributed by atoms with E-state index < -0.39 is 5.97 Å². The van der Waals surface area contributed by atoms with Crippen molar-refractivity contribution in [1.29, 1.82) is 0 Å². The van der Waals surface area contributed by atoms with E-state index >= 15 is 0 Å². The Kier molecular flexibility index (Phi) is 4.84. The summed E-state index contributed by atoms with van der Waals surface area (Å²) in [4.78, 5) is 12.9. The van der Waals surface area contributed by atoms with Gasteiger partial charge < -0.3 is 14.6 Å². The van der Waals surface area contributed by atoms with Crippen molar-refractivity contribution in [3.63, 3.8) is 0 Å². The lowest BCUT2D eigenvalue weighted by Crippen LogP contribution is -2.31. The second kappa shape index (κ2) is 6.61. The van der Waals surface area contributed by atoms with Crippen LogP contribution in [-0.4, -0.2) is 43.3 Å². The second-order valence-electron chi connectivity index (χ2n) is 5.18. The summed E-state index contributed by atoms with van der Waals surface area (Å²) in [7, 11) is 3.22. The first-order valence-electron chi connectivity index (χ1n) is 6.77. The fourth-order valence-electron chi connectivity index (χ4n) is 2.27. The number of hydrogen-bond acceptors (Lipinski definition) is 4. The highest BCUT2D eigenvalue weighted by atomic mass is 16.5. The maximum atomic E-state index is 11.0. The van der Waals surface area contributed by atoms with Gasteiger partial charge in [-0.05, 0) is 24.8 Å². The zero-order valence-electron chi connectivity index (χ0n) is 12.0. The van der Waals surface area contributed by atoms with E-state index in [1.54, 1.807) is 14.2 Å². The Hall–Kier alpha value is -1.75. The molecule has 1 aromatic carbocycles. The predicted octanol–water partition coefficient (Wildman–Crippen LogP) is 2.00. The van der Waals surface area contributed by atoms with Crippen LogP contribution in [0.15, 0.2) is 18.2 Å². The quantitative estimate of drug-likeness (QED) is 0.788. The van der Waals surface area contributed by atoms with Crippen molar-refractivity contribution in [2.75, 3.05) is 27.3 Å². The molecule has 1 aromatic rings. The van der Waals surface area contributed by atoms with Gasteiger partial charge in [0, 0.05) is 24.7 Å². The lowest BCUT2D eigenvalue weighted by Gasteiger charge is -2.21. The van der Waals surface area contributed by atoms with Crippen molar-refractivity contribution in [1.82, 2.24) is 4.90 Å². The monoisotopic (exact) mass is 279 g/mol. The third-order valence-corrected chi connectivity index (χ3v) is 3.46. The molecule has 0 amide bonds. The number of nitrogens with zero attached hydrogens (tertiary/aromatic N) is 1. The average molecular weight is 279 g/mol. The lowest BCUT2D eigenvalue weighted by atomic mass is 10.1. The summed E-state index contributed by atoms with van der Waals surface area (Å²) >= 11 is 0. The Labute approximate surface area is 119 Å². The number of hydrogen-bond donors (Lipinski definition) is 1. The molecule has 5 nitrogen and oxygen atoms in total. The molecule has 0 radical (unpaired) electrons. The summed E-state index contributed by atoms with van der Waals surface area (Å²) in [6, 6.07) is 5.62. The Morgan fingerprint density at radius 2 is 2.10 bits per heavy atom. The molecule has 0 heterocycles. The van der Waals surface area contributed by atoms with Crippen molar-refractivity contribution >= 4 is 5.97 Å². The number of methoxy groups -OCH3 is 2. The summed E-state index contributed by atoms with van der Waals surface area (Å²) in [6.07, 6.45) is 2.41. The Morgan fingerprint density at radius 3 is 2.65 bits per heavy atom. The standard InChI is InChI=1S/C15H21NO4/c1-19-13-6-5-12(14(7-13)20-2)9-16(10-15(17)18)8-11-3-4-11/h5-7,11H,3-4,8-10H2,1-2H3,(H,17,18). The molecule has 1 fully saturated rings. The van der Waals surface area contributed by atoms with Crippen molar-refractivity contribution in [3.8, 4) is 11.5 Å². The van der Waals surface area contributed by atoms with Crippen molar-refractivity contribution in [2.45, 2.75) is 19.4 Å². The van der Waals surface area contributed by atoms with Gasteiger partial charge in [0.15, 0.2) is 0 Å². The molecule has 1 saturated carbocycles. The topological polar surface area (TPSA) is 59.0 Å². The number of carboxylic acids is 1. The molecule has 0 bridgehead atoms. The maximum Gasteiger partial charge on any atom is 0.317 e. The smallest absolute Gasteiger partial charge is 0.317 e. The zero-order valence-corrected chi connectivity index (χ0v) is 12.0. The van der Waals surface area contributed by atoms with Crippen LogP contribution in [0.5, 0.6) is 11.5 Å². The SMILES string of the molecule is COc1ccc(CN(CC(=O)O)CC2CC2)c(OC)c1. The molecule has 110 valence electrons. The van der Waals surface area contributed by atoms with E-state index in [0.29, 0.717) is 12.5 Å². The van der Waals surface area contributed by atoms with E-state index in [4.69, 9.17) is 14.6 Å². The second-order valence-corrected chi connectivity index (χ2v) is 5.18. The molecule has 1 aliphatic carbocycles. The van der Waals surface area contributed by atoms with E-state index in [2.05, 4.69) is 0 Å². The van der Waals surface area contributed by atoms with E-state index in [9.17, 15) is 4.79 Å². The van der Waals surface area contributed by atoms with Gasteiger partial charge in [0.2, 0.25) is 0 Å². The number of ether oxygens (including phenoxy) is 2. The predicted molar refractivity (Wildman–Crippen MR) is 75.2 cm³/mol. The fourth-order valence-corrected chi connectivity index (χ4v) is 2.27. The molecule has 20 heavy (non-hydrogen) atoms. The van der Waals surface area contributed by atoms with Gasteiger partial charge in [0.05, 0.1) is 20.8 Å². The highest BCUT2D eigenvalue weighted by Gasteiger charge is 2.25. The van der Waals surface area contributed by atoms with Gasteiger partial charge >= 0.3 is 5.97 Å². The number of carbonyl (C=O) groups is 1. The summed E-state index contributed by atoms with van der Waals surface area (Å²) in [5, 5.41) is 9.01. The fraction of sp³-hybridized carbons (Fsp3) is 0.533. The van der Waals surface area contributed by atoms with Gasteiger partial charge in [-0.15, -0.1) is 0 Å². The Balaban J connectivity index is 2.09. The summed E-state index contributed by atoms with van der Waals surface area (Å²) < 4.78 is 10.5. The van der Waals surface area contributed by atoms with Crippen molar-refractivity contribution in [3.05, 3.63) is 23.8 Å². The molecule has 5 heteroatoms. The van der Waals surface area contributed by atoms with Crippen LogP contribution in [0.2, 0.25) is 0 Å². The van der Waals surface area contributed by atoms with Crippen LogP contribution < -0.4 is 9.47 Å². The molecular formula is C15H21NO4. The number of aliphatic carboxylic acids is 1. The van der Waals surface area contributed by atoms with E-state index in [1.807, 2.05) is 23.1 Å². The minimum atomic E-state index is -0.793. The van der Waals surface area contributed by atoms with Crippen LogP contribution in [-0.2, 0) is 11.3 Å². The molecule has 2 rings (SSSR count). The summed E-state index contributed by atoms with van der Waals surface area (Å²) in [5.41, 5.74) is 0.982. The van der Waals surface area contributed by atoms with Crippen LogP contribution in [0.25, 0.3) is 0 Å². The third-order valence-electron chi connectivity index (χ3n) is 3.46. The molecule has 1 N–H and O–H groups in total. The summed E-state index contributed by atoms with van der Waals surface area (Å²) in [5.74, 6) is 1.32. The molecule has 0 saturated heterocycles. The van der Waals surface area contributed by atoms with Crippen LogP contribution in [0, 0.1) is 5.92 Å². The molecule has 0 atom stereocenters. The van der Waals surface area contributed by atoms with E-state index in [-0.39, 0.29) is 6.54 Å². The van der Waals surface area contributed by atoms with Crippen LogP contribution in [0.1, 0.15) is 18.4 Å². The van der Waals surface area contributed by atoms with Crippen molar-refractivity contribution in [2.24, 2.45) is 5.92 Å². The van der Waals surface area contributed by atoms with Crippen molar-refractivity contribution < 1.29 is 19.4 Å². The molecular weight excluding hydrogens is 258 g/mol. The molecule has 0 aliphatic heterocycles. The minimum Gasteiger partial charge on any atom is -0.497 e. The maximum absolute atomic E-state index is 11.0. The highest BCUT2D eigenvalue weighted by molar-refractivity contribution is 5.69. The van der Waals surface area contributed by atoms with E-state index in [1.165, 1.54) is 12.8 Å². The first-order chi connectivity index (χ1) is 9.62. The normalized spacial score (nSPS) is 14.3. The Bertz CT molecular complexity index is 471. The van der Waals surface area contributed by atoms with Crippen LogP contribution in [0.3, 0.4) is 0 Å². The van der Waals surface area contributed by atoms with Crippen LogP contribution in [0.4, 0.5) is 0 Å². The first-order valence-corrected chi connectivity index (χ1v) is 6.77. The zero-order chi connectivity index (χ0) is 14.5. The number of carboxylic acid groups (broad SMARTS) is 1. The Morgan fingerprint density at radius 1 is 1.35 bits per heavy atom. The molecule has 1 aliphatic rings. The number of benzene rings is 1. The minimum absolute atomic E-state index is 0.0612.